The number of anilines is 1. The Morgan fingerprint density at radius 2 is 1.66 bits per heavy atom. The summed E-state index contributed by atoms with van der Waals surface area (Å²) < 4.78 is 5.19. The molecule has 0 saturated carbocycles. The molecule has 0 aliphatic carbocycles. The lowest BCUT2D eigenvalue weighted by molar-refractivity contribution is -0.134. The molecule has 1 rings (SSSR count). The molecule has 1 aromatic rings. The molecule has 9 heteroatoms. The molecule has 0 unspecified atom stereocenters. The quantitative estimate of drug-likeness (QED) is 0.647. The van der Waals surface area contributed by atoms with Gasteiger partial charge in [-0.25, -0.2) is 4.79 Å². The molecule has 0 atom stereocenters. The van der Waals surface area contributed by atoms with Gasteiger partial charge in [0.05, 0.1) is 30.5 Å². The summed E-state index contributed by atoms with van der Waals surface area (Å²) in [6.45, 7) is 8.71. The number of carbonyl (C=O) groups excluding carboxylic acids is 3. The van der Waals surface area contributed by atoms with Crippen molar-refractivity contribution < 1.29 is 19.1 Å². The van der Waals surface area contributed by atoms with E-state index in [4.69, 9.17) is 15.3 Å². The SMILES string of the molecule is Cc1sc(NC(=O)C(C)(C)C)c(C(=O)OCC(=O)N(CCC#N)CCC#N)c1C. The minimum atomic E-state index is -0.704. The van der Waals surface area contributed by atoms with Gasteiger partial charge in [0.15, 0.2) is 6.61 Å². The molecule has 0 spiro atoms. The molecule has 0 saturated heterocycles. The van der Waals surface area contributed by atoms with Crippen LogP contribution in [0.4, 0.5) is 5.00 Å². The Balaban J connectivity index is 2.91. The third-order valence-corrected chi connectivity index (χ3v) is 5.29. The van der Waals surface area contributed by atoms with E-state index in [1.807, 2.05) is 19.1 Å². The first-order valence-electron chi connectivity index (χ1n) is 9.13. The van der Waals surface area contributed by atoms with Crippen LogP contribution in [0.2, 0.25) is 0 Å². The van der Waals surface area contributed by atoms with Gasteiger partial charge in [-0.05, 0) is 19.4 Å². The number of rotatable bonds is 8. The molecule has 29 heavy (non-hydrogen) atoms. The highest BCUT2D eigenvalue weighted by Crippen LogP contribution is 2.34. The van der Waals surface area contributed by atoms with Crippen molar-refractivity contribution in [2.24, 2.45) is 5.41 Å². The Labute approximate surface area is 175 Å². The van der Waals surface area contributed by atoms with Gasteiger partial charge in [0.25, 0.3) is 5.91 Å². The Kier molecular flexibility index (Phi) is 8.81. The van der Waals surface area contributed by atoms with Crippen LogP contribution in [0.5, 0.6) is 0 Å². The highest BCUT2D eigenvalue weighted by Gasteiger charge is 2.27. The maximum absolute atomic E-state index is 12.6. The van der Waals surface area contributed by atoms with Crippen molar-refractivity contribution in [1.82, 2.24) is 4.90 Å². The van der Waals surface area contributed by atoms with Crippen LogP contribution in [0.1, 0.15) is 54.4 Å². The molecular weight excluding hydrogens is 392 g/mol. The molecule has 2 amide bonds. The minimum Gasteiger partial charge on any atom is -0.452 e. The highest BCUT2D eigenvalue weighted by atomic mass is 32.1. The third kappa shape index (κ3) is 6.88. The van der Waals surface area contributed by atoms with E-state index in [2.05, 4.69) is 5.32 Å². The van der Waals surface area contributed by atoms with E-state index in [0.29, 0.717) is 10.6 Å². The number of amides is 2. The predicted octanol–water partition coefficient (Wildman–Crippen LogP) is 3.16. The van der Waals surface area contributed by atoms with Gasteiger partial charge in [-0.15, -0.1) is 11.3 Å². The molecule has 1 N–H and O–H groups in total. The van der Waals surface area contributed by atoms with E-state index >= 15 is 0 Å². The Morgan fingerprint density at radius 3 is 2.14 bits per heavy atom. The number of hydrogen-bond acceptors (Lipinski definition) is 7. The number of carbonyl (C=O) groups is 3. The average Bonchev–Trinajstić information content (AvgIpc) is 2.92. The molecule has 0 radical (unpaired) electrons. The van der Waals surface area contributed by atoms with Gasteiger partial charge in [-0.3, -0.25) is 9.59 Å². The van der Waals surface area contributed by atoms with Gasteiger partial charge < -0.3 is 15.0 Å². The van der Waals surface area contributed by atoms with Crippen LogP contribution >= 0.6 is 11.3 Å². The van der Waals surface area contributed by atoms with Crippen molar-refractivity contribution >= 4 is 34.1 Å². The number of aryl methyl sites for hydroxylation is 1. The van der Waals surface area contributed by atoms with Crippen molar-refractivity contribution in [3.05, 3.63) is 16.0 Å². The van der Waals surface area contributed by atoms with Crippen LogP contribution in [-0.4, -0.2) is 42.4 Å². The van der Waals surface area contributed by atoms with E-state index in [0.717, 1.165) is 4.88 Å². The maximum Gasteiger partial charge on any atom is 0.341 e. The largest absolute Gasteiger partial charge is 0.452 e. The standard InChI is InChI=1S/C20H26N4O4S/c1-13-14(2)29-17(23-19(27)20(3,4)5)16(13)18(26)28-12-15(25)24(10-6-8-21)11-7-9-22/h6-7,10-12H2,1-5H3,(H,23,27). The minimum absolute atomic E-state index is 0.122. The van der Waals surface area contributed by atoms with Crippen molar-refractivity contribution in [1.29, 1.82) is 10.5 Å². The summed E-state index contributed by atoms with van der Waals surface area (Å²) in [6.07, 6.45) is 0.244. The number of nitriles is 2. The average molecular weight is 419 g/mol. The lowest BCUT2D eigenvalue weighted by atomic mass is 9.96. The molecule has 0 aliphatic heterocycles. The molecule has 8 nitrogen and oxygen atoms in total. The molecule has 156 valence electrons. The van der Waals surface area contributed by atoms with E-state index in [-0.39, 0.29) is 37.4 Å². The number of esters is 1. The molecule has 0 fully saturated rings. The van der Waals surface area contributed by atoms with Gasteiger partial charge >= 0.3 is 5.97 Å². The van der Waals surface area contributed by atoms with E-state index in [9.17, 15) is 14.4 Å². The number of hydrogen-bond donors (Lipinski definition) is 1. The number of ether oxygens (including phenoxy) is 1. The van der Waals surface area contributed by atoms with Gasteiger partial charge in [0.1, 0.15) is 5.00 Å². The Morgan fingerprint density at radius 1 is 1.10 bits per heavy atom. The summed E-state index contributed by atoms with van der Waals surface area (Å²) in [4.78, 5) is 39.5. The molecule has 1 heterocycles. The third-order valence-electron chi connectivity index (χ3n) is 4.16. The van der Waals surface area contributed by atoms with Crippen LogP contribution < -0.4 is 5.32 Å². The molecule has 0 aromatic carbocycles. The Hall–Kier alpha value is -2.91. The zero-order chi connectivity index (χ0) is 22.2. The number of nitrogens with one attached hydrogen (secondary N) is 1. The van der Waals surface area contributed by atoms with E-state index in [1.165, 1.54) is 16.2 Å². The lowest BCUT2D eigenvalue weighted by Crippen LogP contribution is -2.36. The summed E-state index contributed by atoms with van der Waals surface area (Å²) in [7, 11) is 0. The number of thiophene rings is 1. The molecule has 0 bridgehead atoms. The smallest absolute Gasteiger partial charge is 0.341 e. The fourth-order valence-corrected chi connectivity index (χ4v) is 3.32. The fourth-order valence-electron chi connectivity index (χ4n) is 2.27. The van der Waals surface area contributed by atoms with Crippen molar-refractivity contribution in [2.75, 3.05) is 25.0 Å². The summed E-state index contributed by atoms with van der Waals surface area (Å²) in [5.74, 6) is -1.42. The zero-order valence-corrected chi connectivity index (χ0v) is 18.2. The first kappa shape index (κ1) is 24.1. The normalized spacial score (nSPS) is 10.6. The van der Waals surface area contributed by atoms with Crippen LogP contribution in [-0.2, 0) is 14.3 Å². The summed E-state index contributed by atoms with van der Waals surface area (Å²) in [6, 6.07) is 3.89. The molecule has 0 aliphatic rings. The van der Waals surface area contributed by atoms with Crippen LogP contribution in [0, 0.1) is 41.9 Å². The molecular formula is C20H26N4O4S. The maximum atomic E-state index is 12.6. The predicted molar refractivity (Wildman–Crippen MR) is 109 cm³/mol. The van der Waals surface area contributed by atoms with E-state index in [1.54, 1.807) is 27.7 Å². The van der Waals surface area contributed by atoms with Gasteiger partial charge in [-0.1, -0.05) is 20.8 Å². The van der Waals surface area contributed by atoms with Gasteiger partial charge in [0, 0.05) is 23.4 Å². The second-order valence-electron chi connectivity index (χ2n) is 7.46. The zero-order valence-electron chi connectivity index (χ0n) is 17.4. The highest BCUT2D eigenvalue weighted by molar-refractivity contribution is 7.16. The summed E-state index contributed by atoms with van der Waals surface area (Å²) >= 11 is 1.28. The van der Waals surface area contributed by atoms with Crippen molar-refractivity contribution in [3.63, 3.8) is 0 Å². The second-order valence-corrected chi connectivity index (χ2v) is 8.69. The first-order chi connectivity index (χ1) is 13.5. The second kappa shape index (κ2) is 10.6. The van der Waals surface area contributed by atoms with Crippen molar-refractivity contribution in [2.45, 2.75) is 47.5 Å². The number of nitrogens with zero attached hydrogens (tertiary/aromatic N) is 3. The lowest BCUT2D eigenvalue weighted by Gasteiger charge is -2.20. The van der Waals surface area contributed by atoms with Crippen LogP contribution in [0.3, 0.4) is 0 Å². The van der Waals surface area contributed by atoms with Gasteiger partial charge in [-0.2, -0.15) is 10.5 Å². The first-order valence-corrected chi connectivity index (χ1v) is 9.94. The van der Waals surface area contributed by atoms with Gasteiger partial charge in [0.2, 0.25) is 5.91 Å². The Bertz CT molecular complexity index is 838. The van der Waals surface area contributed by atoms with Crippen molar-refractivity contribution in [3.8, 4) is 12.1 Å². The monoisotopic (exact) mass is 418 g/mol. The summed E-state index contributed by atoms with van der Waals surface area (Å²) in [5.41, 5.74) is 0.284. The topological polar surface area (TPSA) is 123 Å². The van der Waals surface area contributed by atoms with E-state index < -0.39 is 23.9 Å². The molecule has 1 aromatic heterocycles. The summed E-state index contributed by atoms with van der Waals surface area (Å²) in [5, 5.41) is 20.6. The van der Waals surface area contributed by atoms with Crippen LogP contribution in [0.25, 0.3) is 0 Å². The van der Waals surface area contributed by atoms with Crippen LogP contribution in [0.15, 0.2) is 0 Å². The fraction of sp³-hybridized carbons (Fsp3) is 0.550.